The average molecular weight is 286 g/mol. The van der Waals surface area contributed by atoms with Crippen molar-refractivity contribution in [1.82, 2.24) is 10.0 Å². The highest BCUT2D eigenvalue weighted by molar-refractivity contribution is 7.89. The van der Waals surface area contributed by atoms with Crippen LogP contribution >= 0.6 is 0 Å². The second-order valence-corrected chi connectivity index (χ2v) is 6.71. The number of halogens is 1. The predicted molar refractivity (Wildman–Crippen MR) is 71.9 cm³/mol. The highest BCUT2D eigenvalue weighted by Crippen LogP contribution is 2.17. The molecule has 6 heteroatoms. The smallest absolute Gasteiger partial charge is 0.240 e. The molecule has 106 valence electrons. The Morgan fingerprint density at radius 2 is 2.26 bits per heavy atom. The Balaban J connectivity index is 2.07. The lowest BCUT2D eigenvalue weighted by Gasteiger charge is -2.23. The topological polar surface area (TPSA) is 58.2 Å². The lowest BCUT2D eigenvalue weighted by Crippen LogP contribution is -2.38. The summed E-state index contributed by atoms with van der Waals surface area (Å²) in [5.74, 6) is -0.234. The summed E-state index contributed by atoms with van der Waals surface area (Å²) < 4.78 is 40.0. The molecule has 0 radical (unpaired) electrons. The Kier molecular flexibility index (Phi) is 4.54. The molecule has 1 fully saturated rings. The summed E-state index contributed by atoms with van der Waals surface area (Å²) in [6.45, 7) is 3.87. The van der Waals surface area contributed by atoms with Crippen LogP contribution in [0, 0.1) is 18.7 Å². The van der Waals surface area contributed by atoms with Gasteiger partial charge in [0.15, 0.2) is 0 Å². The van der Waals surface area contributed by atoms with Crippen molar-refractivity contribution in [3.63, 3.8) is 0 Å². The van der Waals surface area contributed by atoms with Gasteiger partial charge < -0.3 is 5.32 Å². The minimum atomic E-state index is -3.63. The maximum atomic E-state index is 13.2. The van der Waals surface area contributed by atoms with Crippen LogP contribution in [0.3, 0.4) is 0 Å². The molecular formula is C13H19FN2O2S. The van der Waals surface area contributed by atoms with Gasteiger partial charge in [0.25, 0.3) is 0 Å². The molecule has 1 aromatic rings. The number of rotatable bonds is 4. The van der Waals surface area contributed by atoms with Crippen molar-refractivity contribution in [2.45, 2.75) is 24.7 Å². The molecule has 19 heavy (non-hydrogen) atoms. The van der Waals surface area contributed by atoms with E-state index in [4.69, 9.17) is 0 Å². The van der Waals surface area contributed by atoms with Crippen molar-refractivity contribution in [2.75, 3.05) is 19.6 Å². The summed E-state index contributed by atoms with van der Waals surface area (Å²) in [5.41, 5.74) is 0.552. The maximum absolute atomic E-state index is 13.2. The summed E-state index contributed by atoms with van der Waals surface area (Å²) in [6.07, 6.45) is 2.07. The van der Waals surface area contributed by atoms with E-state index in [2.05, 4.69) is 10.0 Å². The SMILES string of the molecule is Cc1ccc(F)cc1S(=O)(=O)NCC1CCCNC1. The van der Waals surface area contributed by atoms with E-state index in [0.29, 0.717) is 18.0 Å². The summed E-state index contributed by atoms with van der Waals surface area (Å²) in [6, 6.07) is 3.81. The van der Waals surface area contributed by atoms with Gasteiger partial charge in [-0.2, -0.15) is 0 Å². The van der Waals surface area contributed by atoms with Gasteiger partial charge in [0.2, 0.25) is 10.0 Å². The molecule has 0 saturated carbocycles. The molecule has 0 aliphatic carbocycles. The zero-order chi connectivity index (χ0) is 13.9. The van der Waals surface area contributed by atoms with E-state index in [-0.39, 0.29) is 4.90 Å². The van der Waals surface area contributed by atoms with Gasteiger partial charge in [-0.3, -0.25) is 0 Å². The fourth-order valence-corrected chi connectivity index (χ4v) is 3.64. The fraction of sp³-hybridized carbons (Fsp3) is 0.538. The standard InChI is InChI=1S/C13H19FN2O2S/c1-10-4-5-12(14)7-13(10)19(17,18)16-9-11-3-2-6-15-8-11/h4-5,7,11,15-16H,2-3,6,8-9H2,1H3. The van der Waals surface area contributed by atoms with Crippen LogP contribution in [0.25, 0.3) is 0 Å². The number of benzene rings is 1. The van der Waals surface area contributed by atoms with Crippen molar-refractivity contribution in [1.29, 1.82) is 0 Å². The Morgan fingerprint density at radius 3 is 2.95 bits per heavy atom. The molecule has 0 bridgehead atoms. The van der Waals surface area contributed by atoms with Crippen molar-refractivity contribution in [3.8, 4) is 0 Å². The number of sulfonamides is 1. The Hall–Kier alpha value is -0.980. The highest BCUT2D eigenvalue weighted by Gasteiger charge is 2.20. The predicted octanol–water partition coefficient (Wildman–Crippen LogP) is 1.41. The Morgan fingerprint density at radius 1 is 1.47 bits per heavy atom. The van der Waals surface area contributed by atoms with E-state index in [1.165, 1.54) is 12.1 Å². The molecule has 1 unspecified atom stereocenters. The first-order chi connectivity index (χ1) is 8.99. The van der Waals surface area contributed by atoms with E-state index < -0.39 is 15.8 Å². The molecule has 2 N–H and O–H groups in total. The zero-order valence-electron chi connectivity index (χ0n) is 10.9. The van der Waals surface area contributed by atoms with Crippen LogP contribution in [0.1, 0.15) is 18.4 Å². The monoisotopic (exact) mass is 286 g/mol. The third-order valence-electron chi connectivity index (χ3n) is 3.40. The minimum absolute atomic E-state index is 0.0243. The second kappa shape index (κ2) is 5.98. The number of nitrogens with one attached hydrogen (secondary N) is 2. The van der Waals surface area contributed by atoms with Crippen molar-refractivity contribution >= 4 is 10.0 Å². The molecule has 1 saturated heterocycles. The van der Waals surface area contributed by atoms with Gasteiger partial charge in [0, 0.05) is 6.54 Å². The first-order valence-corrected chi connectivity index (χ1v) is 7.94. The van der Waals surface area contributed by atoms with E-state index >= 15 is 0 Å². The number of piperidine rings is 1. The lowest BCUT2D eigenvalue weighted by atomic mass is 10.0. The molecule has 0 spiro atoms. The van der Waals surface area contributed by atoms with Gasteiger partial charge in [-0.05, 0) is 56.5 Å². The van der Waals surface area contributed by atoms with Gasteiger partial charge in [0.05, 0.1) is 4.90 Å². The molecule has 1 aliphatic rings. The number of hydrogen-bond acceptors (Lipinski definition) is 3. The normalized spacial score (nSPS) is 20.4. The van der Waals surface area contributed by atoms with Crippen LogP contribution in [-0.4, -0.2) is 28.1 Å². The van der Waals surface area contributed by atoms with Crippen LogP contribution in [0.5, 0.6) is 0 Å². The van der Waals surface area contributed by atoms with Crippen LogP contribution in [-0.2, 0) is 10.0 Å². The van der Waals surface area contributed by atoms with Gasteiger partial charge in [-0.1, -0.05) is 6.07 Å². The molecule has 2 rings (SSSR count). The second-order valence-electron chi connectivity index (χ2n) is 4.97. The van der Waals surface area contributed by atoms with E-state index in [1.54, 1.807) is 6.92 Å². The molecule has 0 aromatic heterocycles. The molecule has 1 aromatic carbocycles. The molecule has 4 nitrogen and oxygen atoms in total. The Bertz CT molecular complexity index is 540. The first kappa shape index (κ1) is 14.4. The van der Waals surface area contributed by atoms with Gasteiger partial charge in [-0.15, -0.1) is 0 Å². The third-order valence-corrected chi connectivity index (χ3v) is 4.97. The van der Waals surface area contributed by atoms with E-state index in [0.717, 1.165) is 32.0 Å². The van der Waals surface area contributed by atoms with Crippen LogP contribution in [0.2, 0.25) is 0 Å². The molecule has 0 amide bonds. The third kappa shape index (κ3) is 3.75. The van der Waals surface area contributed by atoms with Crippen LogP contribution in [0.4, 0.5) is 4.39 Å². The molecular weight excluding hydrogens is 267 g/mol. The van der Waals surface area contributed by atoms with Crippen molar-refractivity contribution in [2.24, 2.45) is 5.92 Å². The summed E-state index contributed by atoms with van der Waals surface area (Å²) in [7, 11) is -3.63. The van der Waals surface area contributed by atoms with Crippen LogP contribution < -0.4 is 10.0 Å². The number of hydrogen-bond donors (Lipinski definition) is 2. The highest BCUT2D eigenvalue weighted by atomic mass is 32.2. The summed E-state index contributed by atoms with van der Waals surface area (Å²) >= 11 is 0. The lowest BCUT2D eigenvalue weighted by molar-refractivity contribution is 0.376. The van der Waals surface area contributed by atoms with Crippen molar-refractivity contribution in [3.05, 3.63) is 29.6 Å². The summed E-state index contributed by atoms with van der Waals surface area (Å²) in [5, 5.41) is 3.24. The van der Waals surface area contributed by atoms with Crippen molar-refractivity contribution < 1.29 is 12.8 Å². The van der Waals surface area contributed by atoms with Gasteiger partial charge in [0.1, 0.15) is 5.82 Å². The molecule has 1 aliphatic heterocycles. The minimum Gasteiger partial charge on any atom is -0.316 e. The van der Waals surface area contributed by atoms with Gasteiger partial charge in [-0.25, -0.2) is 17.5 Å². The Labute approximate surface area is 113 Å². The van der Waals surface area contributed by atoms with E-state index in [9.17, 15) is 12.8 Å². The first-order valence-electron chi connectivity index (χ1n) is 6.45. The largest absolute Gasteiger partial charge is 0.316 e. The fourth-order valence-electron chi connectivity index (χ4n) is 2.27. The maximum Gasteiger partial charge on any atom is 0.240 e. The molecule has 1 heterocycles. The van der Waals surface area contributed by atoms with E-state index in [1.807, 2.05) is 0 Å². The number of aryl methyl sites for hydroxylation is 1. The molecule has 1 atom stereocenters. The zero-order valence-corrected chi connectivity index (χ0v) is 11.8. The van der Waals surface area contributed by atoms with Crippen LogP contribution in [0.15, 0.2) is 23.1 Å². The summed E-state index contributed by atoms with van der Waals surface area (Å²) in [4.78, 5) is 0.0243. The van der Waals surface area contributed by atoms with Gasteiger partial charge >= 0.3 is 0 Å². The quantitative estimate of drug-likeness (QED) is 0.880. The average Bonchev–Trinajstić information content (AvgIpc) is 2.40.